The van der Waals surface area contributed by atoms with Crippen LogP contribution in [0.25, 0.3) is 101 Å². The van der Waals surface area contributed by atoms with Crippen LogP contribution in [0.3, 0.4) is 0 Å². The molecule has 0 spiro atoms. The molecule has 0 aliphatic rings. The van der Waals surface area contributed by atoms with Crippen LogP contribution in [0.1, 0.15) is 0 Å². The lowest BCUT2D eigenvalue weighted by Crippen LogP contribution is -2.00. The van der Waals surface area contributed by atoms with Gasteiger partial charge in [0.25, 0.3) is 0 Å². The molecule has 4 aromatic heterocycles. The van der Waals surface area contributed by atoms with E-state index < -0.39 is 0 Å². The fourth-order valence-electron chi connectivity index (χ4n) is 6.59. The maximum atomic E-state index is 6.49. The van der Waals surface area contributed by atoms with E-state index in [-0.39, 0.29) is 0 Å². The standard InChI is InChI=1S/C43H25N5O2/c1-4-13-26(14-5-1)40-44-37-30-19-10-11-21-33(30)50-39(37)38(45-40)31-20-12-22-35-36(31)32-25-29(23-24-34(32)49-35)43-47-41(27-15-6-2-7-16-27)46-42(48-43)28-17-8-3-9-18-28/h1-25H. The van der Waals surface area contributed by atoms with Gasteiger partial charge in [0, 0.05) is 44.0 Å². The second-order valence-electron chi connectivity index (χ2n) is 12.1. The summed E-state index contributed by atoms with van der Waals surface area (Å²) in [6, 6.07) is 50.1. The molecular weight excluding hydrogens is 619 g/mol. The molecule has 0 aliphatic heterocycles. The lowest BCUT2D eigenvalue weighted by atomic mass is 10.0. The first-order valence-electron chi connectivity index (χ1n) is 16.3. The van der Waals surface area contributed by atoms with Crippen LogP contribution in [-0.2, 0) is 0 Å². The van der Waals surface area contributed by atoms with E-state index in [4.69, 9.17) is 33.8 Å². The summed E-state index contributed by atoms with van der Waals surface area (Å²) in [4.78, 5) is 25.0. The van der Waals surface area contributed by atoms with Gasteiger partial charge in [-0.3, -0.25) is 0 Å². The number of benzene rings is 6. The Morgan fingerprint density at radius 2 is 0.900 bits per heavy atom. The molecule has 0 fully saturated rings. The number of rotatable bonds is 5. The van der Waals surface area contributed by atoms with Crippen LogP contribution < -0.4 is 0 Å². The largest absolute Gasteiger partial charge is 0.456 e. The van der Waals surface area contributed by atoms with Crippen molar-refractivity contribution in [2.24, 2.45) is 0 Å². The van der Waals surface area contributed by atoms with Gasteiger partial charge in [-0.1, -0.05) is 115 Å². The molecule has 0 saturated heterocycles. The smallest absolute Gasteiger partial charge is 0.180 e. The normalized spacial score (nSPS) is 11.6. The Balaban J connectivity index is 1.22. The molecule has 7 heteroatoms. The van der Waals surface area contributed by atoms with Gasteiger partial charge in [-0.05, 0) is 36.4 Å². The molecular formula is C43H25N5O2. The quantitative estimate of drug-likeness (QED) is 0.184. The van der Waals surface area contributed by atoms with E-state index in [2.05, 4.69) is 12.1 Å². The molecule has 234 valence electrons. The average Bonchev–Trinajstić information content (AvgIpc) is 3.77. The van der Waals surface area contributed by atoms with Gasteiger partial charge >= 0.3 is 0 Å². The fourth-order valence-corrected chi connectivity index (χ4v) is 6.59. The molecule has 0 aliphatic carbocycles. The monoisotopic (exact) mass is 643 g/mol. The van der Waals surface area contributed by atoms with E-state index in [1.165, 1.54) is 0 Å². The van der Waals surface area contributed by atoms with Crippen molar-refractivity contribution >= 4 is 44.0 Å². The number of fused-ring (bicyclic) bond motifs is 6. The minimum atomic E-state index is 0.569. The minimum absolute atomic E-state index is 0.569. The van der Waals surface area contributed by atoms with Crippen LogP contribution in [-0.4, -0.2) is 24.9 Å². The third-order valence-electron chi connectivity index (χ3n) is 8.96. The summed E-state index contributed by atoms with van der Waals surface area (Å²) >= 11 is 0. The van der Waals surface area contributed by atoms with Crippen LogP contribution in [0, 0.1) is 0 Å². The first-order chi connectivity index (χ1) is 24.8. The Labute approximate surface area is 285 Å². The Bertz CT molecular complexity index is 2810. The summed E-state index contributed by atoms with van der Waals surface area (Å²) in [5, 5.41) is 2.78. The van der Waals surface area contributed by atoms with Crippen molar-refractivity contribution in [2.45, 2.75) is 0 Å². The lowest BCUT2D eigenvalue weighted by molar-refractivity contribution is 0.667. The number of aromatic nitrogens is 5. The maximum Gasteiger partial charge on any atom is 0.180 e. The summed E-state index contributed by atoms with van der Waals surface area (Å²) in [6.45, 7) is 0. The van der Waals surface area contributed by atoms with Gasteiger partial charge < -0.3 is 8.83 Å². The third-order valence-corrected chi connectivity index (χ3v) is 8.96. The second-order valence-corrected chi connectivity index (χ2v) is 12.1. The molecule has 50 heavy (non-hydrogen) atoms. The van der Waals surface area contributed by atoms with Crippen molar-refractivity contribution in [1.82, 2.24) is 24.9 Å². The van der Waals surface area contributed by atoms with Crippen LogP contribution >= 0.6 is 0 Å². The number of hydrogen-bond donors (Lipinski definition) is 0. The molecule has 10 aromatic rings. The van der Waals surface area contributed by atoms with Crippen molar-refractivity contribution in [3.63, 3.8) is 0 Å². The molecule has 0 N–H and O–H groups in total. The molecule has 4 heterocycles. The highest BCUT2D eigenvalue weighted by molar-refractivity contribution is 6.16. The molecule has 0 saturated carbocycles. The first kappa shape index (κ1) is 28.1. The number of para-hydroxylation sites is 1. The molecule has 0 atom stereocenters. The molecule has 6 aromatic carbocycles. The van der Waals surface area contributed by atoms with E-state index in [9.17, 15) is 0 Å². The second kappa shape index (κ2) is 11.3. The van der Waals surface area contributed by atoms with Gasteiger partial charge in [-0.25, -0.2) is 24.9 Å². The molecule has 0 radical (unpaired) electrons. The van der Waals surface area contributed by atoms with Gasteiger partial charge in [0.05, 0.1) is 0 Å². The van der Waals surface area contributed by atoms with Gasteiger partial charge in [-0.2, -0.15) is 0 Å². The molecule has 10 rings (SSSR count). The van der Waals surface area contributed by atoms with Crippen molar-refractivity contribution < 1.29 is 8.83 Å². The topological polar surface area (TPSA) is 90.7 Å². The maximum absolute atomic E-state index is 6.49. The SMILES string of the molecule is c1ccc(-c2nc(-c3ccccc3)nc(-c3ccc4oc5cccc(-c6nc(-c7ccccc7)nc7c6oc6ccccc67)c5c4c3)n2)cc1. The predicted octanol–water partition coefficient (Wildman–Crippen LogP) is 10.8. The van der Waals surface area contributed by atoms with Gasteiger partial charge in [-0.15, -0.1) is 0 Å². The molecule has 7 nitrogen and oxygen atoms in total. The van der Waals surface area contributed by atoms with E-state index >= 15 is 0 Å². The zero-order chi connectivity index (χ0) is 33.0. The Morgan fingerprint density at radius 1 is 0.360 bits per heavy atom. The third kappa shape index (κ3) is 4.64. The zero-order valence-corrected chi connectivity index (χ0v) is 26.5. The summed E-state index contributed by atoms with van der Waals surface area (Å²) in [7, 11) is 0. The minimum Gasteiger partial charge on any atom is -0.456 e. The van der Waals surface area contributed by atoms with E-state index in [1.54, 1.807) is 0 Å². The van der Waals surface area contributed by atoms with Crippen LogP contribution in [0.4, 0.5) is 0 Å². The molecule has 0 bridgehead atoms. The van der Waals surface area contributed by atoms with Crippen LogP contribution in [0.2, 0.25) is 0 Å². The highest BCUT2D eigenvalue weighted by atomic mass is 16.3. The van der Waals surface area contributed by atoms with E-state index in [0.717, 1.165) is 66.2 Å². The summed E-state index contributed by atoms with van der Waals surface area (Å²) in [5.41, 5.74) is 8.81. The number of furan rings is 2. The summed E-state index contributed by atoms with van der Waals surface area (Å²) in [6.07, 6.45) is 0. The fraction of sp³-hybridized carbons (Fsp3) is 0. The average molecular weight is 644 g/mol. The molecule has 0 unspecified atom stereocenters. The van der Waals surface area contributed by atoms with Gasteiger partial charge in [0.2, 0.25) is 0 Å². The highest BCUT2D eigenvalue weighted by Crippen LogP contribution is 2.42. The Morgan fingerprint density at radius 3 is 1.56 bits per heavy atom. The van der Waals surface area contributed by atoms with Crippen molar-refractivity contribution in [3.05, 3.63) is 152 Å². The first-order valence-corrected chi connectivity index (χ1v) is 16.3. The zero-order valence-electron chi connectivity index (χ0n) is 26.5. The predicted molar refractivity (Wildman–Crippen MR) is 197 cm³/mol. The van der Waals surface area contributed by atoms with Crippen LogP contribution in [0.5, 0.6) is 0 Å². The van der Waals surface area contributed by atoms with Crippen molar-refractivity contribution in [3.8, 4) is 56.8 Å². The van der Waals surface area contributed by atoms with Gasteiger partial charge in [0.1, 0.15) is 28.0 Å². The van der Waals surface area contributed by atoms with E-state index in [1.807, 2.05) is 140 Å². The molecule has 0 amide bonds. The van der Waals surface area contributed by atoms with Gasteiger partial charge in [0.15, 0.2) is 28.9 Å². The van der Waals surface area contributed by atoms with Crippen molar-refractivity contribution in [2.75, 3.05) is 0 Å². The lowest BCUT2D eigenvalue weighted by Gasteiger charge is -2.09. The summed E-state index contributed by atoms with van der Waals surface area (Å²) < 4.78 is 12.9. The number of hydrogen-bond acceptors (Lipinski definition) is 7. The highest BCUT2D eigenvalue weighted by Gasteiger charge is 2.22. The van der Waals surface area contributed by atoms with E-state index in [0.29, 0.717) is 34.6 Å². The van der Waals surface area contributed by atoms with Crippen molar-refractivity contribution in [1.29, 1.82) is 0 Å². The number of nitrogens with zero attached hydrogens (tertiary/aromatic N) is 5. The summed E-state index contributed by atoms with van der Waals surface area (Å²) in [5.74, 6) is 2.40. The Kier molecular flexibility index (Phi) is 6.35. The Hall–Kier alpha value is -6.99. The van der Waals surface area contributed by atoms with Crippen LogP contribution in [0.15, 0.2) is 160 Å².